The molecule has 5 heteroatoms. The van der Waals surface area contributed by atoms with Crippen molar-refractivity contribution in [3.05, 3.63) is 61.2 Å². The maximum Gasteiger partial charge on any atom is 0.411 e. The Labute approximate surface area is 124 Å². The Morgan fingerprint density at radius 3 is 2.43 bits per heavy atom. The summed E-state index contributed by atoms with van der Waals surface area (Å²) in [6.07, 6.45) is 2.40. The van der Waals surface area contributed by atoms with E-state index in [9.17, 15) is 14.7 Å². The van der Waals surface area contributed by atoms with Crippen LogP contribution in [0.3, 0.4) is 0 Å². The van der Waals surface area contributed by atoms with Crippen LogP contribution in [0.5, 0.6) is 0 Å². The number of carbonyl (C=O) groups excluding carboxylic acids is 1. The molecule has 1 N–H and O–H groups in total. The van der Waals surface area contributed by atoms with Gasteiger partial charge in [0.25, 0.3) is 0 Å². The van der Waals surface area contributed by atoms with Crippen molar-refractivity contribution < 1.29 is 19.4 Å². The lowest BCUT2D eigenvalue weighted by molar-refractivity contribution is -0.142. The van der Waals surface area contributed by atoms with Crippen molar-refractivity contribution in [1.82, 2.24) is 4.90 Å². The van der Waals surface area contributed by atoms with E-state index in [2.05, 4.69) is 13.2 Å². The van der Waals surface area contributed by atoms with Gasteiger partial charge in [0, 0.05) is 13.0 Å². The number of amides is 1. The van der Waals surface area contributed by atoms with Gasteiger partial charge in [0.05, 0.1) is 0 Å². The van der Waals surface area contributed by atoms with Crippen molar-refractivity contribution in [2.45, 2.75) is 12.5 Å². The van der Waals surface area contributed by atoms with Crippen LogP contribution in [-0.4, -0.2) is 41.3 Å². The Hall–Kier alpha value is -2.56. The van der Waals surface area contributed by atoms with E-state index in [0.29, 0.717) is 0 Å². The molecule has 0 saturated carbocycles. The van der Waals surface area contributed by atoms with Crippen LogP contribution in [0.1, 0.15) is 5.56 Å². The molecule has 1 aromatic rings. The average Bonchev–Trinajstić information content (AvgIpc) is 2.49. The molecule has 0 spiro atoms. The molecule has 5 nitrogen and oxygen atoms in total. The Kier molecular flexibility index (Phi) is 6.74. The number of carbonyl (C=O) groups is 2. The van der Waals surface area contributed by atoms with Gasteiger partial charge in [-0.2, -0.15) is 0 Å². The molecular formula is C16H19NO4. The van der Waals surface area contributed by atoms with Crippen LogP contribution in [0.4, 0.5) is 4.79 Å². The van der Waals surface area contributed by atoms with Gasteiger partial charge < -0.3 is 9.84 Å². The molecule has 0 aliphatic carbocycles. The lowest BCUT2D eigenvalue weighted by Gasteiger charge is -2.27. The first-order valence-corrected chi connectivity index (χ1v) is 6.52. The van der Waals surface area contributed by atoms with E-state index < -0.39 is 18.1 Å². The zero-order chi connectivity index (χ0) is 15.7. The normalized spacial score (nSPS) is 11.2. The first-order valence-electron chi connectivity index (χ1n) is 6.52. The molecule has 0 radical (unpaired) electrons. The highest BCUT2D eigenvalue weighted by Crippen LogP contribution is 2.11. The van der Waals surface area contributed by atoms with Crippen LogP contribution in [0, 0.1) is 0 Å². The predicted molar refractivity (Wildman–Crippen MR) is 80.0 cm³/mol. The second-order valence-corrected chi connectivity index (χ2v) is 4.35. The minimum Gasteiger partial charge on any atom is -0.480 e. The number of aliphatic carboxylic acids is 1. The number of hydrogen-bond acceptors (Lipinski definition) is 3. The Morgan fingerprint density at radius 1 is 1.24 bits per heavy atom. The number of carboxylic acid groups (broad SMARTS) is 1. The highest BCUT2D eigenvalue weighted by Gasteiger charge is 2.30. The second-order valence-electron chi connectivity index (χ2n) is 4.35. The fraction of sp³-hybridized carbons (Fsp3) is 0.250. The third-order valence-corrected chi connectivity index (χ3v) is 2.82. The fourth-order valence-electron chi connectivity index (χ4n) is 1.85. The lowest BCUT2D eigenvalue weighted by Crippen LogP contribution is -2.46. The summed E-state index contributed by atoms with van der Waals surface area (Å²) in [5.74, 6) is -1.09. The van der Waals surface area contributed by atoms with Gasteiger partial charge in [-0.25, -0.2) is 9.59 Å². The third kappa shape index (κ3) is 5.14. The summed E-state index contributed by atoms with van der Waals surface area (Å²) >= 11 is 0. The van der Waals surface area contributed by atoms with Crippen molar-refractivity contribution in [1.29, 1.82) is 0 Å². The maximum absolute atomic E-state index is 12.0. The van der Waals surface area contributed by atoms with Gasteiger partial charge in [0.1, 0.15) is 12.6 Å². The molecule has 1 amide bonds. The quantitative estimate of drug-likeness (QED) is 0.747. The van der Waals surface area contributed by atoms with Crippen molar-refractivity contribution in [3.63, 3.8) is 0 Å². The minimum absolute atomic E-state index is 0.0319. The summed E-state index contributed by atoms with van der Waals surface area (Å²) in [5.41, 5.74) is 0.829. The smallest absolute Gasteiger partial charge is 0.411 e. The van der Waals surface area contributed by atoms with Gasteiger partial charge in [-0.3, -0.25) is 4.90 Å². The molecule has 1 atom stereocenters. The SMILES string of the molecule is C=CCOC(=O)N(CC=C)C(Cc1ccccc1)C(=O)O. The van der Waals surface area contributed by atoms with Crippen molar-refractivity contribution in [2.75, 3.05) is 13.2 Å². The number of nitrogens with zero attached hydrogens (tertiary/aromatic N) is 1. The Bertz CT molecular complexity index is 498. The highest BCUT2D eigenvalue weighted by atomic mass is 16.6. The minimum atomic E-state index is -1.09. The number of benzene rings is 1. The highest BCUT2D eigenvalue weighted by molar-refractivity contribution is 5.80. The van der Waals surface area contributed by atoms with E-state index in [1.165, 1.54) is 12.2 Å². The number of rotatable bonds is 8. The van der Waals surface area contributed by atoms with Crippen LogP contribution < -0.4 is 0 Å². The number of ether oxygens (including phenoxy) is 1. The van der Waals surface area contributed by atoms with Gasteiger partial charge in [-0.15, -0.1) is 6.58 Å². The Morgan fingerprint density at radius 2 is 1.90 bits per heavy atom. The number of hydrogen-bond donors (Lipinski definition) is 1. The van der Waals surface area contributed by atoms with Crippen molar-refractivity contribution in [2.24, 2.45) is 0 Å². The van der Waals surface area contributed by atoms with Gasteiger partial charge in [0.2, 0.25) is 0 Å². The fourth-order valence-corrected chi connectivity index (χ4v) is 1.85. The van der Waals surface area contributed by atoms with Gasteiger partial charge in [-0.05, 0) is 5.56 Å². The molecule has 112 valence electrons. The molecule has 0 saturated heterocycles. The molecule has 1 aromatic carbocycles. The van der Waals surface area contributed by atoms with Crippen molar-refractivity contribution in [3.8, 4) is 0 Å². The predicted octanol–water partition coefficient (Wildman–Crippen LogP) is 2.49. The van der Waals surface area contributed by atoms with Crippen LogP contribution in [0.15, 0.2) is 55.6 Å². The molecule has 0 bridgehead atoms. The van der Waals surface area contributed by atoms with Gasteiger partial charge in [-0.1, -0.05) is 49.1 Å². The molecule has 21 heavy (non-hydrogen) atoms. The standard InChI is InChI=1S/C16H19NO4/c1-3-10-17(16(20)21-11-4-2)14(15(18)19)12-13-8-6-5-7-9-13/h3-9,14H,1-2,10-12H2,(H,18,19). The molecule has 0 heterocycles. The van der Waals surface area contributed by atoms with Crippen LogP contribution >= 0.6 is 0 Å². The zero-order valence-electron chi connectivity index (χ0n) is 11.8. The van der Waals surface area contributed by atoms with Crippen molar-refractivity contribution >= 4 is 12.1 Å². The van der Waals surface area contributed by atoms with Gasteiger partial charge >= 0.3 is 12.1 Å². The van der Waals surface area contributed by atoms with Crippen LogP contribution in [0.25, 0.3) is 0 Å². The average molecular weight is 289 g/mol. The first-order chi connectivity index (χ1) is 10.1. The molecule has 0 aliphatic rings. The van der Waals surface area contributed by atoms with E-state index in [0.717, 1.165) is 10.5 Å². The second kappa shape index (κ2) is 8.58. The molecule has 1 unspecified atom stereocenters. The van der Waals surface area contributed by atoms with E-state index in [-0.39, 0.29) is 19.6 Å². The summed E-state index contributed by atoms with van der Waals surface area (Å²) in [6, 6.07) is 8.11. The summed E-state index contributed by atoms with van der Waals surface area (Å²) in [4.78, 5) is 24.6. The monoisotopic (exact) mass is 289 g/mol. The van der Waals surface area contributed by atoms with Crippen LogP contribution in [-0.2, 0) is 16.0 Å². The third-order valence-electron chi connectivity index (χ3n) is 2.82. The number of carboxylic acids is 1. The van der Waals surface area contributed by atoms with E-state index in [1.54, 1.807) is 0 Å². The summed E-state index contributed by atoms with van der Waals surface area (Å²) in [5, 5.41) is 9.40. The molecule has 0 aliphatic heterocycles. The first kappa shape index (κ1) is 16.5. The van der Waals surface area contributed by atoms with Gasteiger partial charge in [0.15, 0.2) is 0 Å². The summed E-state index contributed by atoms with van der Waals surface area (Å²) in [6.45, 7) is 7.13. The summed E-state index contributed by atoms with van der Waals surface area (Å²) in [7, 11) is 0. The molecule has 1 rings (SSSR count). The van der Waals surface area contributed by atoms with E-state index in [1.807, 2.05) is 30.3 Å². The van der Waals surface area contributed by atoms with Crippen LogP contribution in [0.2, 0.25) is 0 Å². The lowest BCUT2D eigenvalue weighted by atomic mass is 10.0. The Balaban J connectivity index is 2.91. The van der Waals surface area contributed by atoms with E-state index >= 15 is 0 Å². The topological polar surface area (TPSA) is 66.8 Å². The summed E-state index contributed by atoms with van der Waals surface area (Å²) < 4.78 is 4.93. The van der Waals surface area contributed by atoms with E-state index in [4.69, 9.17) is 4.74 Å². The molecule has 0 aromatic heterocycles. The molecular weight excluding hydrogens is 270 g/mol. The maximum atomic E-state index is 12.0. The molecule has 0 fully saturated rings. The largest absolute Gasteiger partial charge is 0.480 e. The zero-order valence-corrected chi connectivity index (χ0v) is 11.8.